The first kappa shape index (κ1) is 12.6. The molecule has 1 fully saturated rings. The van der Waals surface area contributed by atoms with E-state index in [-0.39, 0.29) is 0 Å². The highest BCUT2D eigenvalue weighted by Crippen LogP contribution is 2.16. The van der Waals surface area contributed by atoms with Crippen LogP contribution in [0.1, 0.15) is 44.3 Å². The lowest BCUT2D eigenvalue weighted by molar-refractivity contribution is 0.365. The van der Waals surface area contributed by atoms with Gasteiger partial charge < -0.3 is 9.88 Å². The molecule has 1 aliphatic rings. The Bertz CT molecular complexity index is 339. The molecule has 17 heavy (non-hydrogen) atoms. The maximum Gasteiger partial charge on any atom is 0.133 e. The van der Waals surface area contributed by atoms with Crippen molar-refractivity contribution in [3.63, 3.8) is 0 Å². The zero-order valence-electron chi connectivity index (χ0n) is 11.1. The molecule has 1 aromatic rings. The maximum absolute atomic E-state index is 4.35. The molecule has 0 saturated carbocycles. The summed E-state index contributed by atoms with van der Waals surface area (Å²) in [7, 11) is 0. The van der Waals surface area contributed by atoms with Crippen molar-refractivity contribution in [3.8, 4) is 0 Å². The molecule has 1 aromatic heterocycles. The average Bonchev–Trinajstić information content (AvgIpc) is 2.69. The maximum atomic E-state index is 4.35. The minimum Gasteiger partial charge on any atom is -0.316 e. The average molecular weight is 236 g/mol. The number of nitrogens with zero attached hydrogens (tertiary/aromatic N) is 3. The number of hydrogen-bond donors (Lipinski definition) is 1. The third-order valence-electron chi connectivity index (χ3n) is 3.62. The summed E-state index contributed by atoms with van der Waals surface area (Å²) in [6.07, 6.45) is 6.15. The van der Waals surface area contributed by atoms with Crippen molar-refractivity contribution in [1.82, 2.24) is 20.1 Å². The van der Waals surface area contributed by atoms with Crippen LogP contribution in [0, 0.1) is 12.8 Å². The molecule has 2 rings (SSSR count). The van der Waals surface area contributed by atoms with Crippen LogP contribution in [0.2, 0.25) is 0 Å². The van der Waals surface area contributed by atoms with Gasteiger partial charge in [-0.2, -0.15) is 0 Å². The SMILES string of the molecule is CCCCn1c(C)nnc1CC1CCCNC1. The summed E-state index contributed by atoms with van der Waals surface area (Å²) in [5.41, 5.74) is 0. The highest BCUT2D eigenvalue weighted by atomic mass is 15.3. The topological polar surface area (TPSA) is 42.7 Å². The molecule has 0 aliphatic carbocycles. The van der Waals surface area contributed by atoms with Gasteiger partial charge in [-0.3, -0.25) is 0 Å². The van der Waals surface area contributed by atoms with E-state index in [9.17, 15) is 0 Å². The molecule has 4 nitrogen and oxygen atoms in total. The largest absolute Gasteiger partial charge is 0.316 e. The van der Waals surface area contributed by atoms with Gasteiger partial charge in [0.2, 0.25) is 0 Å². The Morgan fingerprint density at radius 3 is 3.00 bits per heavy atom. The molecule has 2 heterocycles. The highest BCUT2D eigenvalue weighted by Gasteiger charge is 2.17. The van der Waals surface area contributed by atoms with E-state index in [1.54, 1.807) is 0 Å². The molecule has 0 amide bonds. The molecular formula is C13H24N4. The second kappa shape index (κ2) is 6.15. The van der Waals surface area contributed by atoms with Crippen molar-refractivity contribution in [1.29, 1.82) is 0 Å². The number of aryl methyl sites for hydroxylation is 1. The molecule has 1 unspecified atom stereocenters. The third kappa shape index (κ3) is 3.28. The van der Waals surface area contributed by atoms with Crippen molar-refractivity contribution in [2.45, 2.75) is 52.5 Å². The lowest BCUT2D eigenvalue weighted by atomic mass is 9.96. The minimum absolute atomic E-state index is 0.743. The van der Waals surface area contributed by atoms with Gasteiger partial charge in [0.15, 0.2) is 0 Å². The van der Waals surface area contributed by atoms with Crippen LogP contribution in [0.4, 0.5) is 0 Å². The van der Waals surface area contributed by atoms with Crippen LogP contribution >= 0.6 is 0 Å². The fourth-order valence-corrected chi connectivity index (χ4v) is 2.54. The summed E-state index contributed by atoms with van der Waals surface area (Å²) < 4.78 is 2.30. The van der Waals surface area contributed by atoms with E-state index < -0.39 is 0 Å². The molecule has 96 valence electrons. The van der Waals surface area contributed by atoms with E-state index in [0.29, 0.717) is 0 Å². The normalized spacial score (nSPS) is 20.7. The first-order valence-electron chi connectivity index (χ1n) is 6.90. The quantitative estimate of drug-likeness (QED) is 0.849. The van der Waals surface area contributed by atoms with Crippen molar-refractivity contribution < 1.29 is 0 Å². The minimum atomic E-state index is 0.743. The molecule has 1 atom stereocenters. The van der Waals surface area contributed by atoms with E-state index in [1.807, 2.05) is 0 Å². The highest BCUT2D eigenvalue weighted by molar-refractivity contribution is 4.96. The number of nitrogens with one attached hydrogen (secondary N) is 1. The van der Waals surface area contributed by atoms with Crippen LogP contribution in [0.5, 0.6) is 0 Å². The second-order valence-electron chi connectivity index (χ2n) is 5.09. The summed E-state index contributed by atoms with van der Waals surface area (Å²) in [5.74, 6) is 2.99. The van der Waals surface area contributed by atoms with Gasteiger partial charge in [0.25, 0.3) is 0 Å². The summed E-state index contributed by atoms with van der Waals surface area (Å²) >= 11 is 0. The third-order valence-corrected chi connectivity index (χ3v) is 3.62. The van der Waals surface area contributed by atoms with E-state index in [4.69, 9.17) is 0 Å². The monoisotopic (exact) mass is 236 g/mol. The van der Waals surface area contributed by atoms with Gasteiger partial charge in [-0.1, -0.05) is 13.3 Å². The number of rotatable bonds is 5. The van der Waals surface area contributed by atoms with Crippen LogP contribution in [-0.4, -0.2) is 27.9 Å². The summed E-state index contributed by atoms with van der Waals surface area (Å²) in [5, 5.41) is 12.0. The van der Waals surface area contributed by atoms with Gasteiger partial charge in [0.05, 0.1) is 0 Å². The van der Waals surface area contributed by atoms with Gasteiger partial charge in [0, 0.05) is 13.0 Å². The summed E-state index contributed by atoms with van der Waals surface area (Å²) in [6, 6.07) is 0. The molecule has 0 bridgehead atoms. The van der Waals surface area contributed by atoms with Gasteiger partial charge in [-0.05, 0) is 45.2 Å². The predicted octanol–water partition coefficient (Wildman–Crippen LogP) is 1.93. The van der Waals surface area contributed by atoms with E-state index in [1.165, 1.54) is 38.1 Å². The molecule has 1 N–H and O–H groups in total. The second-order valence-corrected chi connectivity index (χ2v) is 5.09. The zero-order valence-corrected chi connectivity index (χ0v) is 11.1. The summed E-state index contributed by atoms with van der Waals surface area (Å²) in [6.45, 7) is 7.68. The van der Waals surface area contributed by atoms with Gasteiger partial charge >= 0.3 is 0 Å². The Balaban J connectivity index is 1.98. The van der Waals surface area contributed by atoms with Crippen LogP contribution in [0.3, 0.4) is 0 Å². The van der Waals surface area contributed by atoms with Crippen LogP contribution in [-0.2, 0) is 13.0 Å². The first-order chi connectivity index (χ1) is 8.31. The molecule has 1 saturated heterocycles. The standard InChI is InChI=1S/C13H24N4/c1-3-4-8-17-11(2)15-16-13(17)9-12-6-5-7-14-10-12/h12,14H,3-10H2,1-2H3. The Hall–Kier alpha value is -0.900. The van der Waals surface area contributed by atoms with Crippen molar-refractivity contribution >= 4 is 0 Å². The molecule has 0 spiro atoms. The Labute approximate surface area is 104 Å². The van der Waals surface area contributed by atoms with Crippen molar-refractivity contribution in [2.75, 3.05) is 13.1 Å². The fourth-order valence-electron chi connectivity index (χ4n) is 2.54. The summed E-state index contributed by atoms with van der Waals surface area (Å²) in [4.78, 5) is 0. The molecular weight excluding hydrogens is 212 g/mol. The molecule has 4 heteroatoms. The number of hydrogen-bond acceptors (Lipinski definition) is 3. The fraction of sp³-hybridized carbons (Fsp3) is 0.846. The number of aromatic nitrogens is 3. The first-order valence-corrected chi connectivity index (χ1v) is 6.90. The van der Waals surface area contributed by atoms with Crippen molar-refractivity contribution in [2.24, 2.45) is 5.92 Å². The lowest BCUT2D eigenvalue weighted by Gasteiger charge is -2.22. The number of piperidine rings is 1. The number of unbranched alkanes of at least 4 members (excludes halogenated alkanes) is 1. The van der Waals surface area contributed by atoms with Crippen LogP contribution < -0.4 is 5.32 Å². The smallest absolute Gasteiger partial charge is 0.133 e. The van der Waals surface area contributed by atoms with E-state index in [2.05, 4.69) is 33.9 Å². The van der Waals surface area contributed by atoms with Gasteiger partial charge in [0.1, 0.15) is 11.6 Å². The Morgan fingerprint density at radius 2 is 2.29 bits per heavy atom. The zero-order chi connectivity index (χ0) is 12.1. The van der Waals surface area contributed by atoms with E-state index >= 15 is 0 Å². The molecule has 0 aromatic carbocycles. The van der Waals surface area contributed by atoms with Crippen LogP contribution in [0.25, 0.3) is 0 Å². The Morgan fingerprint density at radius 1 is 1.41 bits per heavy atom. The van der Waals surface area contributed by atoms with Gasteiger partial charge in [-0.15, -0.1) is 10.2 Å². The van der Waals surface area contributed by atoms with Crippen molar-refractivity contribution in [3.05, 3.63) is 11.6 Å². The molecule has 1 aliphatic heterocycles. The van der Waals surface area contributed by atoms with Gasteiger partial charge in [-0.25, -0.2) is 0 Å². The lowest BCUT2D eigenvalue weighted by Crippen LogP contribution is -2.31. The Kier molecular flexibility index (Phi) is 4.54. The predicted molar refractivity (Wildman–Crippen MR) is 69.0 cm³/mol. The molecule has 0 radical (unpaired) electrons. The van der Waals surface area contributed by atoms with E-state index in [0.717, 1.165) is 31.3 Å². The van der Waals surface area contributed by atoms with Crippen LogP contribution in [0.15, 0.2) is 0 Å².